The van der Waals surface area contributed by atoms with Crippen molar-refractivity contribution in [3.05, 3.63) is 59.7 Å². The number of imide groups is 1. The zero-order valence-corrected chi connectivity index (χ0v) is 13.8. The highest BCUT2D eigenvalue weighted by molar-refractivity contribution is 6.07. The molecule has 0 spiro atoms. The molecule has 1 aliphatic rings. The first-order chi connectivity index (χ1) is 12.0. The number of phenols is 1. The smallest absolute Gasteiger partial charge is 0.346 e. The van der Waals surface area contributed by atoms with E-state index in [1.807, 2.05) is 0 Å². The number of phenolic OH excluding ortho intramolecular Hbond substituents is 1. The topological polar surface area (TPSA) is 91.2 Å². The number of nitrogens with zero attached hydrogens (tertiary/aromatic N) is 2. The number of urea groups is 1. The molecule has 25 heavy (non-hydrogen) atoms. The normalized spacial score (nSPS) is 20.2. The van der Waals surface area contributed by atoms with Crippen LogP contribution in [0.3, 0.4) is 0 Å². The number of methoxy groups -OCH3 is 1. The first kappa shape index (κ1) is 16.5. The van der Waals surface area contributed by atoms with Gasteiger partial charge in [-0.3, -0.25) is 4.79 Å². The Labute approximate surface area is 144 Å². The van der Waals surface area contributed by atoms with Gasteiger partial charge in [0.2, 0.25) is 0 Å². The number of rotatable bonds is 4. The summed E-state index contributed by atoms with van der Waals surface area (Å²) in [5.74, 6) is 0.157. The molecule has 0 bridgehead atoms. The third-order valence-corrected chi connectivity index (χ3v) is 4.09. The van der Waals surface area contributed by atoms with Crippen LogP contribution < -0.4 is 10.1 Å². The van der Waals surface area contributed by atoms with Gasteiger partial charge in [-0.1, -0.05) is 24.3 Å². The number of hydrogen-bond donors (Lipinski definition) is 2. The highest BCUT2D eigenvalue weighted by Gasteiger charge is 2.49. The third-order valence-electron chi connectivity index (χ3n) is 4.09. The largest absolute Gasteiger partial charge is 0.507 e. The van der Waals surface area contributed by atoms with E-state index in [-0.39, 0.29) is 5.75 Å². The number of ether oxygens (including phenoxy) is 1. The molecule has 2 aromatic carbocycles. The van der Waals surface area contributed by atoms with Gasteiger partial charge in [-0.15, -0.1) is 5.01 Å². The summed E-state index contributed by atoms with van der Waals surface area (Å²) in [5, 5.41) is 17.1. The maximum absolute atomic E-state index is 12.7. The van der Waals surface area contributed by atoms with Crippen LogP contribution in [0.2, 0.25) is 0 Å². The number of aromatic hydroxyl groups is 1. The fraction of sp³-hybridized carbons (Fsp3) is 0.167. The molecule has 128 valence electrons. The van der Waals surface area contributed by atoms with E-state index in [0.717, 1.165) is 5.01 Å². The lowest BCUT2D eigenvalue weighted by atomic mass is 9.92. The fourth-order valence-electron chi connectivity index (χ4n) is 2.57. The van der Waals surface area contributed by atoms with E-state index in [4.69, 9.17) is 4.74 Å². The average molecular weight is 339 g/mol. The van der Waals surface area contributed by atoms with E-state index in [9.17, 15) is 14.7 Å². The highest BCUT2D eigenvalue weighted by atomic mass is 16.5. The summed E-state index contributed by atoms with van der Waals surface area (Å²) in [6.07, 6.45) is 1.27. The summed E-state index contributed by atoms with van der Waals surface area (Å²) >= 11 is 0. The maximum atomic E-state index is 12.7. The van der Waals surface area contributed by atoms with Crippen LogP contribution >= 0.6 is 0 Å². The lowest BCUT2D eigenvalue weighted by Crippen LogP contribution is -2.40. The van der Waals surface area contributed by atoms with Gasteiger partial charge in [0.1, 0.15) is 17.0 Å². The van der Waals surface area contributed by atoms with Crippen LogP contribution in [0.5, 0.6) is 11.5 Å². The van der Waals surface area contributed by atoms with Crippen LogP contribution in [0.1, 0.15) is 18.1 Å². The summed E-state index contributed by atoms with van der Waals surface area (Å²) in [6, 6.07) is 12.7. The van der Waals surface area contributed by atoms with Gasteiger partial charge in [0, 0.05) is 5.56 Å². The van der Waals surface area contributed by atoms with Gasteiger partial charge in [0.25, 0.3) is 5.91 Å². The molecule has 0 aliphatic carbocycles. The number of hydrogen-bond acceptors (Lipinski definition) is 5. The monoisotopic (exact) mass is 339 g/mol. The molecule has 1 atom stereocenters. The first-order valence-electron chi connectivity index (χ1n) is 7.59. The molecule has 0 aromatic heterocycles. The predicted octanol–water partition coefficient (Wildman–Crippen LogP) is 2.20. The quantitative estimate of drug-likeness (QED) is 0.660. The summed E-state index contributed by atoms with van der Waals surface area (Å²) in [4.78, 5) is 24.9. The van der Waals surface area contributed by atoms with Crippen molar-refractivity contribution in [1.82, 2.24) is 10.3 Å². The molecule has 0 unspecified atom stereocenters. The van der Waals surface area contributed by atoms with Crippen molar-refractivity contribution in [2.24, 2.45) is 5.10 Å². The van der Waals surface area contributed by atoms with Crippen molar-refractivity contribution >= 4 is 18.2 Å². The number of hydrazone groups is 1. The van der Waals surface area contributed by atoms with Gasteiger partial charge in [0.15, 0.2) is 0 Å². The SMILES string of the molecule is COc1ccc([C@]2(C)NC(=O)N(/N=C/c3ccccc3O)C2=O)cc1. The number of amides is 3. The van der Waals surface area contributed by atoms with E-state index < -0.39 is 17.5 Å². The third kappa shape index (κ3) is 2.91. The standard InChI is InChI=1S/C18H17N3O4/c1-18(13-7-9-14(25-2)10-8-13)16(23)21(17(24)20-18)19-11-12-5-3-4-6-15(12)22/h3-11,22H,1-2H3,(H,20,24)/b19-11+/t18-/m0/s1. The van der Waals surface area contributed by atoms with Gasteiger partial charge in [0.05, 0.1) is 13.3 Å². The molecule has 7 heteroatoms. The molecule has 1 saturated heterocycles. The van der Waals surface area contributed by atoms with Crippen molar-refractivity contribution in [1.29, 1.82) is 0 Å². The summed E-state index contributed by atoms with van der Waals surface area (Å²) in [7, 11) is 1.55. The zero-order valence-electron chi connectivity index (χ0n) is 13.8. The summed E-state index contributed by atoms with van der Waals surface area (Å²) in [5.41, 5.74) is -0.201. The van der Waals surface area contributed by atoms with Gasteiger partial charge in [-0.2, -0.15) is 5.10 Å². The second kappa shape index (κ2) is 6.27. The first-order valence-corrected chi connectivity index (χ1v) is 7.59. The Balaban J connectivity index is 1.87. The molecule has 2 N–H and O–H groups in total. The number of benzene rings is 2. The minimum absolute atomic E-state index is 0.0104. The minimum Gasteiger partial charge on any atom is -0.507 e. The Bertz CT molecular complexity index is 848. The van der Waals surface area contributed by atoms with Crippen LogP contribution in [0.4, 0.5) is 4.79 Å². The van der Waals surface area contributed by atoms with Crippen molar-refractivity contribution in [2.45, 2.75) is 12.5 Å². The van der Waals surface area contributed by atoms with E-state index in [0.29, 0.717) is 16.9 Å². The van der Waals surface area contributed by atoms with Crippen LogP contribution in [0.15, 0.2) is 53.6 Å². The Morgan fingerprint density at radius 1 is 1.16 bits per heavy atom. The minimum atomic E-state index is -1.22. The van der Waals surface area contributed by atoms with Gasteiger partial charge < -0.3 is 15.2 Å². The zero-order chi connectivity index (χ0) is 18.0. The molecule has 1 heterocycles. The molecule has 2 aromatic rings. The predicted molar refractivity (Wildman–Crippen MR) is 91.4 cm³/mol. The van der Waals surface area contributed by atoms with E-state index >= 15 is 0 Å². The van der Waals surface area contributed by atoms with Gasteiger partial charge in [-0.05, 0) is 36.8 Å². The van der Waals surface area contributed by atoms with Crippen LogP contribution in [0.25, 0.3) is 0 Å². The molecule has 0 saturated carbocycles. The van der Waals surface area contributed by atoms with Crippen molar-refractivity contribution in [3.63, 3.8) is 0 Å². The maximum Gasteiger partial charge on any atom is 0.346 e. The fourth-order valence-corrected chi connectivity index (χ4v) is 2.57. The Hall–Kier alpha value is -3.35. The second-order valence-electron chi connectivity index (χ2n) is 5.70. The summed E-state index contributed by atoms with van der Waals surface area (Å²) < 4.78 is 5.10. The molecule has 3 rings (SSSR count). The second-order valence-corrected chi connectivity index (χ2v) is 5.70. The van der Waals surface area contributed by atoms with Crippen LogP contribution in [-0.4, -0.2) is 35.4 Å². The number of carbonyl (C=O) groups is 2. The molecular weight excluding hydrogens is 322 g/mol. The van der Waals surface area contributed by atoms with Crippen LogP contribution in [0, 0.1) is 0 Å². The van der Waals surface area contributed by atoms with E-state index in [2.05, 4.69) is 10.4 Å². The lowest BCUT2D eigenvalue weighted by molar-refractivity contribution is -0.131. The van der Waals surface area contributed by atoms with Crippen molar-refractivity contribution in [2.75, 3.05) is 7.11 Å². The molecule has 0 radical (unpaired) electrons. The van der Waals surface area contributed by atoms with Crippen molar-refractivity contribution in [3.8, 4) is 11.5 Å². The van der Waals surface area contributed by atoms with Gasteiger partial charge in [-0.25, -0.2) is 4.79 Å². The number of nitrogens with one attached hydrogen (secondary N) is 1. The van der Waals surface area contributed by atoms with Crippen LogP contribution in [-0.2, 0) is 10.3 Å². The molecule has 1 aliphatic heterocycles. The molecule has 7 nitrogen and oxygen atoms in total. The van der Waals surface area contributed by atoms with Crippen molar-refractivity contribution < 1.29 is 19.4 Å². The molecular formula is C18H17N3O4. The highest BCUT2D eigenvalue weighted by Crippen LogP contribution is 2.30. The van der Waals surface area contributed by atoms with E-state index in [1.54, 1.807) is 56.5 Å². The average Bonchev–Trinajstić information content (AvgIpc) is 2.84. The Morgan fingerprint density at radius 3 is 2.48 bits per heavy atom. The lowest BCUT2D eigenvalue weighted by Gasteiger charge is -2.21. The number of carbonyl (C=O) groups excluding carboxylic acids is 2. The molecule has 3 amide bonds. The summed E-state index contributed by atoms with van der Waals surface area (Å²) in [6.45, 7) is 1.62. The van der Waals surface area contributed by atoms with Gasteiger partial charge >= 0.3 is 6.03 Å². The van der Waals surface area contributed by atoms with E-state index in [1.165, 1.54) is 12.3 Å². The Morgan fingerprint density at radius 2 is 1.84 bits per heavy atom. The molecule has 1 fully saturated rings. The number of para-hydroxylation sites is 1. The Kier molecular flexibility index (Phi) is 4.14.